The largest absolute Gasteiger partial charge is 0.494 e. The molecule has 0 spiro atoms. The first-order chi connectivity index (χ1) is 17.4. The number of carbonyl (C=O) groups excluding carboxylic acids is 1. The zero-order valence-corrected chi connectivity index (χ0v) is 21.6. The Hall–Kier alpha value is -3.63. The molecule has 1 aliphatic rings. The van der Waals surface area contributed by atoms with Crippen molar-refractivity contribution in [2.75, 3.05) is 49.5 Å². The highest BCUT2D eigenvalue weighted by molar-refractivity contribution is 7.92. The Kier molecular flexibility index (Phi) is 6.55. The first-order valence-corrected chi connectivity index (χ1v) is 13.8. The van der Waals surface area contributed by atoms with Gasteiger partial charge in [0.2, 0.25) is 0 Å². The molecule has 1 fully saturated rings. The number of carbonyl (C=O) groups is 1. The predicted octanol–water partition coefficient (Wildman–Crippen LogP) is 4.09. The van der Waals surface area contributed by atoms with Crippen molar-refractivity contribution >= 4 is 48.3 Å². The van der Waals surface area contributed by atoms with E-state index in [1.165, 1.54) is 23.5 Å². The molecule has 8 nitrogen and oxygen atoms in total. The molecular weight excluding hydrogens is 496 g/mol. The average Bonchev–Trinajstić information content (AvgIpc) is 3.37. The molecule has 0 unspecified atom stereocenters. The van der Waals surface area contributed by atoms with Gasteiger partial charge in [0.15, 0.2) is 5.13 Å². The van der Waals surface area contributed by atoms with E-state index in [1.807, 2.05) is 24.3 Å². The van der Waals surface area contributed by atoms with Crippen LogP contribution in [0.2, 0.25) is 0 Å². The van der Waals surface area contributed by atoms with Gasteiger partial charge in [-0.3, -0.25) is 9.10 Å². The van der Waals surface area contributed by atoms with E-state index in [4.69, 9.17) is 9.72 Å². The number of nitrogens with zero attached hydrogens (tertiary/aromatic N) is 4. The van der Waals surface area contributed by atoms with Gasteiger partial charge in [-0.2, -0.15) is 0 Å². The van der Waals surface area contributed by atoms with Crippen molar-refractivity contribution in [3.05, 3.63) is 78.4 Å². The molecule has 10 heteroatoms. The number of ether oxygens (including phenoxy) is 1. The highest BCUT2D eigenvalue weighted by Gasteiger charge is 2.26. The lowest BCUT2D eigenvalue weighted by atomic mass is 10.2. The van der Waals surface area contributed by atoms with Gasteiger partial charge in [-0.25, -0.2) is 13.4 Å². The summed E-state index contributed by atoms with van der Waals surface area (Å²) in [4.78, 5) is 22.0. The van der Waals surface area contributed by atoms with E-state index in [-0.39, 0.29) is 10.8 Å². The number of aromatic nitrogens is 1. The fraction of sp³-hybridized carbons (Fsp3) is 0.231. The summed E-state index contributed by atoms with van der Waals surface area (Å²) in [5.74, 6) is 0.644. The number of sulfonamides is 1. The second-order valence-electron chi connectivity index (χ2n) is 8.42. The summed E-state index contributed by atoms with van der Waals surface area (Å²) >= 11 is 1.61. The molecule has 186 valence electrons. The first kappa shape index (κ1) is 24.1. The third kappa shape index (κ3) is 4.49. The van der Waals surface area contributed by atoms with Crippen LogP contribution in [-0.4, -0.2) is 64.5 Å². The maximum atomic E-state index is 13.1. The summed E-state index contributed by atoms with van der Waals surface area (Å²) in [6, 6.07) is 20.9. The van der Waals surface area contributed by atoms with Gasteiger partial charge in [0.05, 0.1) is 22.4 Å². The number of hydrogen-bond donors (Lipinski definition) is 0. The summed E-state index contributed by atoms with van der Waals surface area (Å²) in [7, 11) is -0.567. The van der Waals surface area contributed by atoms with Crippen LogP contribution in [0.1, 0.15) is 10.4 Å². The summed E-state index contributed by atoms with van der Waals surface area (Å²) < 4.78 is 33.7. The molecule has 2 heterocycles. The van der Waals surface area contributed by atoms with Crippen molar-refractivity contribution in [2.24, 2.45) is 0 Å². The van der Waals surface area contributed by atoms with Crippen molar-refractivity contribution in [3.8, 4) is 5.75 Å². The second-order valence-corrected chi connectivity index (χ2v) is 11.4. The Labute approximate surface area is 214 Å². The lowest BCUT2D eigenvalue weighted by Gasteiger charge is -2.34. The molecule has 0 N–H and O–H groups in total. The van der Waals surface area contributed by atoms with Crippen molar-refractivity contribution in [1.29, 1.82) is 0 Å². The van der Waals surface area contributed by atoms with Gasteiger partial charge < -0.3 is 14.5 Å². The van der Waals surface area contributed by atoms with Crippen LogP contribution in [0.15, 0.2) is 77.7 Å². The third-order valence-corrected chi connectivity index (χ3v) is 9.19. The van der Waals surface area contributed by atoms with E-state index in [9.17, 15) is 13.2 Å². The van der Waals surface area contributed by atoms with Crippen LogP contribution in [0.4, 0.5) is 10.8 Å². The first-order valence-electron chi connectivity index (χ1n) is 11.5. The van der Waals surface area contributed by atoms with Crippen molar-refractivity contribution < 1.29 is 17.9 Å². The Balaban J connectivity index is 1.25. The molecule has 1 aromatic heterocycles. The van der Waals surface area contributed by atoms with E-state index < -0.39 is 10.0 Å². The molecule has 1 amide bonds. The van der Waals surface area contributed by atoms with Gasteiger partial charge in [-0.1, -0.05) is 35.6 Å². The number of methoxy groups -OCH3 is 1. The van der Waals surface area contributed by atoms with Gasteiger partial charge in [0.25, 0.3) is 15.9 Å². The highest BCUT2D eigenvalue weighted by atomic mass is 32.2. The SMILES string of the molecule is COc1cccc2sc(N3CCN(C(=O)c4ccc(S(=O)(=O)N(C)c5ccccc5)cc4)CC3)nc12. The smallest absolute Gasteiger partial charge is 0.264 e. The maximum Gasteiger partial charge on any atom is 0.264 e. The van der Waals surface area contributed by atoms with Gasteiger partial charge in [-0.15, -0.1) is 0 Å². The lowest BCUT2D eigenvalue weighted by molar-refractivity contribution is 0.0746. The molecule has 3 aromatic carbocycles. The van der Waals surface area contributed by atoms with Crippen LogP contribution < -0.4 is 13.9 Å². The maximum absolute atomic E-state index is 13.1. The molecule has 1 aliphatic heterocycles. The number of amides is 1. The summed E-state index contributed by atoms with van der Waals surface area (Å²) in [6.45, 7) is 2.45. The quantitative estimate of drug-likeness (QED) is 0.379. The molecule has 36 heavy (non-hydrogen) atoms. The molecular formula is C26H26N4O4S2. The molecule has 5 rings (SSSR count). The number of benzene rings is 3. The van der Waals surface area contributed by atoms with E-state index in [2.05, 4.69) is 4.90 Å². The Morgan fingerprint density at radius 1 is 0.944 bits per heavy atom. The molecule has 0 atom stereocenters. The number of piperazine rings is 1. The third-order valence-electron chi connectivity index (χ3n) is 6.31. The van der Waals surface area contributed by atoms with E-state index in [0.717, 1.165) is 21.1 Å². The Morgan fingerprint density at radius 2 is 1.64 bits per heavy atom. The minimum absolute atomic E-state index is 0.110. The summed E-state index contributed by atoms with van der Waals surface area (Å²) in [5.41, 5.74) is 1.89. The number of anilines is 2. The van der Waals surface area contributed by atoms with Crippen molar-refractivity contribution in [3.63, 3.8) is 0 Å². The van der Waals surface area contributed by atoms with Crippen LogP contribution >= 0.6 is 11.3 Å². The normalized spacial score (nSPS) is 14.2. The number of rotatable bonds is 6. The standard InChI is InChI=1S/C26H26N4O4S2/c1-28(20-7-4-3-5-8-20)36(32,33)21-13-11-19(12-14-21)25(31)29-15-17-30(18-16-29)26-27-24-22(34-2)9-6-10-23(24)35-26/h3-14H,15-18H2,1-2H3. The average molecular weight is 523 g/mol. The lowest BCUT2D eigenvalue weighted by Crippen LogP contribution is -2.48. The fourth-order valence-corrected chi connectivity index (χ4v) is 6.43. The van der Waals surface area contributed by atoms with Crippen LogP contribution in [-0.2, 0) is 10.0 Å². The van der Waals surface area contributed by atoms with E-state index in [0.29, 0.717) is 37.4 Å². The van der Waals surface area contributed by atoms with Crippen LogP contribution in [0.25, 0.3) is 10.2 Å². The zero-order valence-electron chi connectivity index (χ0n) is 20.0. The molecule has 1 saturated heterocycles. The number of hydrogen-bond acceptors (Lipinski definition) is 7. The zero-order chi connectivity index (χ0) is 25.3. The van der Waals surface area contributed by atoms with E-state index >= 15 is 0 Å². The fourth-order valence-electron chi connectivity index (χ4n) is 4.20. The predicted molar refractivity (Wildman–Crippen MR) is 143 cm³/mol. The number of para-hydroxylation sites is 2. The Morgan fingerprint density at radius 3 is 2.31 bits per heavy atom. The topological polar surface area (TPSA) is 83.0 Å². The Bertz CT molecular complexity index is 1480. The summed E-state index contributed by atoms with van der Waals surface area (Å²) in [6.07, 6.45) is 0. The molecule has 0 saturated carbocycles. The van der Waals surface area contributed by atoms with Crippen LogP contribution in [0.3, 0.4) is 0 Å². The minimum Gasteiger partial charge on any atom is -0.494 e. The monoisotopic (exact) mass is 522 g/mol. The van der Waals surface area contributed by atoms with Crippen molar-refractivity contribution in [2.45, 2.75) is 4.90 Å². The molecule has 4 aromatic rings. The summed E-state index contributed by atoms with van der Waals surface area (Å²) in [5, 5.41) is 0.915. The van der Waals surface area contributed by atoms with Crippen LogP contribution in [0.5, 0.6) is 5.75 Å². The van der Waals surface area contributed by atoms with Gasteiger partial charge in [0, 0.05) is 38.8 Å². The van der Waals surface area contributed by atoms with Gasteiger partial charge in [0.1, 0.15) is 11.3 Å². The highest BCUT2D eigenvalue weighted by Crippen LogP contribution is 2.34. The van der Waals surface area contributed by atoms with Gasteiger partial charge >= 0.3 is 0 Å². The number of thiazole rings is 1. The van der Waals surface area contributed by atoms with Crippen molar-refractivity contribution in [1.82, 2.24) is 9.88 Å². The number of fused-ring (bicyclic) bond motifs is 1. The minimum atomic E-state index is -3.73. The molecule has 0 aliphatic carbocycles. The second kappa shape index (κ2) is 9.79. The van der Waals surface area contributed by atoms with Gasteiger partial charge in [-0.05, 0) is 48.5 Å². The molecule has 0 radical (unpaired) electrons. The molecule has 0 bridgehead atoms. The van der Waals surface area contributed by atoms with Crippen LogP contribution in [0, 0.1) is 0 Å². The van der Waals surface area contributed by atoms with E-state index in [1.54, 1.807) is 59.7 Å².